The maximum atomic E-state index is 13.5. The lowest BCUT2D eigenvalue weighted by atomic mass is 9.81. The van der Waals surface area contributed by atoms with E-state index in [4.69, 9.17) is 0 Å². The molecule has 0 radical (unpaired) electrons. The van der Waals surface area contributed by atoms with Gasteiger partial charge >= 0.3 is 0 Å². The van der Waals surface area contributed by atoms with E-state index in [-0.39, 0.29) is 23.9 Å². The standard InChI is InChI=1S/C22H25N3O4/c1-4-22(15-16-10-6-5-7-11-16)21(27)23(2)19(20(26)24(22)3)14-17-12-8-9-13-18(17)25(28)29/h5-13,19H,4,14-15H2,1-3H3. The quantitative estimate of drug-likeness (QED) is 0.556. The molecular weight excluding hydrogens is 370 g/mol. The van der Waals surface area contributed by atoms with Gasteiger partial charge in [0.1, 0.15) is 11.6 Å². The highest BCUT2D eigenvalue weighted by Crippen LogP contribution is 2.33. The van der Waals surface area contributed by atoms with Crippen LogP contribution in [0.5, 0.6) is 0 Å². The summed E-state index contributed by atoms with van der Waals surface area (Å²) < 4.78 is 0. The van der Waals surface area contributed by atoms with Crippen molar-refractivity contribution in [1.29, 1.82) is 0 Å². The molecule has 0 aromatic heterocycles. The lowest BCUT2D eigenvalue weighted by Gasteiger charge is -2.50. The van der Waals surface area contributed by atoms with Crippen molar-refractivity contribution in [2.24, 2.45) is 0 Å². The lowest BCUT2D eigenvalue weighted by Crippen LogP contribution is -2.70. The number of amides is 2. The average molecular weight is 395 g/mol. The SMILES string of the molecule is CCC1(Cc2ccccc2)C(=O)N(C)C(Cc2ccccc2[N+](=O)[O-])C(=O)N1C. The first kappa shape index (κ1) is 20.5. The molecule has 3 rings (SSSR count). The Kier molecular flexibility index (Phi) is 5.68. The van der Waals surface area contributed by atoms with Crippen LogP contribution in [0.15, 0.2) is 54.6 Å². The highest BCUT2D eigenvalue weighted by molar-refractivity contribution is 6.00. The highest BCUT2D eigenvalue weighted by atomic mass is 16.6. The van der Waals surface area contributed by atoms with Gasteiger partial charge in [0.15, 0.2) is 0 Å². The Hall–Kier alpha value is -3.22. The van der Waals surface area contributed by atoms with E-state index in [2.05, 4.69) is 0 Å². The molecule has 152 valence electrons. The topological polar surface area (TPSA) is 83.8 Å². The van der Waals surface area contributed by atoms with Crippen LogP contribution in [0.4, 0.5) is 5.69 Å². The normalized spacial score (nSPS) is 22.1. The number of benzene rings is 2. The van der Waals surface area contributed by atoms with Gasteiger partial charge in [-0.1, -0.05) is 55.5 Å². The van der Waals surface area contributed by atoms with E-state index in [0.29, 0.717) is 18.4 Å². The van der Waals surface area contributed by atoms with Gasteiger partial charge in [-0.25, -0.2) is 0 Å². The Morgan fingerprint density at radius 1 is 1.03 bits per heavy atom. The van der Waals surface area contributed by atoms with E-state index in [1.807, 2.05) is 37.3 Å². The molecule has 0 saturated carbocycles. The van der Waals surface area contributed by atoms with Crippen molar-refractivity contribution >= 4 is 17.5 Å². The second-order valence-corrected chi connectivity index (χ2v) is 7.47. The van der Waals surface area contributed by atoms with Crippen molar-refractivity contribution in [3.63, 3.8) is 0 Å². The van der Waals surface area contributed by atoms with E-state index in [0.717, 1.165) is 5.56 Å². The number of rotatable bonds is 6. The third-order valence-electron chi connectivity index (χ3n) is 5.97. The lowest BCUT2D eigenvalue weighted by molar-refractivity contribution is -0.385. The summed E-state index contributed by atoms with van der Waals surface area (Å²) in [5, 5.41) is 11.3. The van der Waals surface area contributed by atoms with Gasteiger partial charge in [0, 0.05) is 38.6 Å². The van der Waals surface area contributed by atoms with Gasteiger partial charge in [0.2, 0.25) is 11.8 Å². The summed E-state index contributed by atoms with van der Waals surface area (Å²) in [7, 11) is 3.27. The molecule has 29 heavy (non-hydrogen) atoms. The fourth-order valence-electron chi connectivity index (χ4n) is 4.15. The van der Waals surface area contributed by atoms with Crippen LogP contribution in [0.1, 0.15) is 24.5 Å². The Morgan fingerprint density at radius 3 is 2.28 bits per heavy atom. The Morgan fingerprint density at radius 2 is 1.66 bits per heavy atom. The van der Waals surface area contributed by atoms with Crippen LogP contribution in [0, 0.1) is 10.1 Å². The van der Waals surface area contributed by atoms with Crippen molar-refractivity contribution in [2.45, 2.75) is 37.8 Å². The average Bonchev–Trinajstić information content (AvgIpc) is 2.74. The largest absolute Gasteiger partial charge is 0.331 e. The molecule has 0 N–H and O–H groups in total. The summed E-state index contributed by atoms with van der Waals surface area (Å²) in [6, 6.07) is 15.2. The van der Waals surface area contributed by atoms with Gasteiger partial charge in [-0.3, -0.25) is 19.7 Å². The third-order valence-corrected chi connectivity index (χ3v) is 5.97. The summed E-state index contributed by atoms with van der Waals surface area (Å²) in [6.45, 7) is 1.90. The van der Waals surface area contributed by atoms with Crippen LogP contribution < -0.4 is 0 Å². The minimum absolute atomic E-state index is 0.0413. The van der Waals surface area contributed by atoms with Crippen LogP contribution in [0.25, 0.3) is 0 Å². The van der Waals surface area contributed by atoms with Gasteiger partial charge in [-0.05, 0) is 12.0 Å². The summed E-state index contributed by atoms with van der Waals surface area (Å²) >= 11 is 0. The molecule has 1 heterocycles. The van der Waals surface area contributed by atoms with Crippen molar-refractivity contribution in [3.8, 4) is 0 Å². The minimum atomic E-state index is -0.966. The first-order valence-electron chi connectivity index (χ1n) is 9.63. The molecular formula is C22H25N3O4. The van der Waals surface area contributed by atoms with Crippen molar-refractivity contribution in [3.05, 3.63) is 75.8 Å². The number of piperazine rings is 1. The number of para-hydroxylation sites is 1. The second kappa shape index (κ2) is 8.03. The van der Waals surface area contributed by atoms with Gasteiger partial charge in [-0.15, -0.1) is 0 Å². The van der Waals surface area contributed by atoms with E-state index in [1.165, 1.54) is 11.0 Å². The van der Waals surface area contributed by atoms with Crippen LogP contribution >= 0.6 is 0 Å². The molecule has 2 atom stereocenters. The van der Waals surface area contributed by atoms with Gasteiger partial charge in [0.25, 0.3) is 5.69 Å². The number of carbonyl (C=O) groups excluding carboxylic acids is 2. The molecule has 1 aliphatic rings. The molecule has 0 aliphatic carbocycles. The number of carbonyl (C=O) groups is 2. The van der Waals surface area contributed by atoms with E-state index in [1.54, 1.807) is 37.2 Å². The number of hydrogen-bond donors (Lipinski definition) is 0. The van der Waals surface area contributed by atoms with E-state index < -0.39 is 16.5 Å². The van der Waals surface area contributed by atoms with Gasteiger partial charge < -0.3 is 9.80 Å². The minimum Gasteiger partial charge on any atom is -0.331 e. The van der Waals surface area contributed by atoms with Crippen LogP contribution in [0.2, 0.25) is 0 Å². The first-order valence-corrected chi connectivity index (χ1v) is 9.63. The molecule has 7 heteroatoms. The van der Waals surface area contributed by atoms with Gasteiger partial charge in [0.05, 0.1) is 4.92 Å². The van der Waals surface area contributed by atoms with Crippen LogP contribution in [-0.2, 0) is 22.4 Å². The highest BCUT2D eigenvalue weighted by Gasteiger charge is 2.52. The van der Waals surface area contributed by atoms with Crippen LogP contribution in [-0.4, -0.2) is 52.2 Å². The Balaban J connectivity index is 1.94. The van der Waals surface area contributed by atoms with Gasteiger partial charge in [-0.2, -0.15) is 0 Å². The number of nitro groups is 1. The fourth-order valence-corrected chi connectivity index (χ4v) is 4.15. The number of nitrogens with zero attached hydrogens (tertiary/aromatic N) is 3. The molecule has 2 amide bonds. The van der Waals surface area contributed by atoms with Crippen LogP contribution in [0.3, 0.4) is 0 Å². The van der Waals surface area contributed by atoms with Crippen molar-refractivity contribution in [2.75, 3.05) is 14.1 Å². The number of hydrogen-bond acceptors (Lipinski definition) is 4. The smallest absolute Gasteiger partial charge is 0.272 e. The summed E-state index contributed by atoms with van der Waals surface area (Å²) in [5.41, 5.74) is 0.413. The molecule has 0 spiro atoms. The summed E-state index contributed by atoms with van der Waals surface area (Å²) in [4.78, 5) is 40.6. The number of likely N-dealkylation sites (N-methyl/N-ethyl adjacent to an activating group) is 2. The fraction of sp³-hybridized carbons (Fsp3) is 0.364. The molecule has 7 nitrogen and oxygen atoms in total. The van der Waals surface area contributed by atoms with E-state index in [9.17, 15) is 19.7 Å². The van der Waals surface area contributed by atoms with Crippen molar-refractivity contribution < 1.29 is 14.5 Å². The zero-order valence-corrected chi connectivity index (χ0v) is 16.9. The molecule has 0 bridgehead atoms. The zero-order valence-electron chi connectivity index (χ0n) is 16.9. The molecule has 2 aromatic rings. The zero-order chi connectivity index (χ0) is 21.2. The maximum Gasteiger partial charge on any atom is 0.272 e. The maximum absolute atomic E-state index is 13.5. The monoisotopic (exact) mass is 395 g/mol. The second-order valence-electron chi connectivity index (χ2n) is 7.47. The predicted octanol–water partition coefficient (Wildman–Crippen LogP) is 2.83. The third kappa shape index (κ3) is 3.60. The Bertz CT molecular complexity index is 931. The molecule has 2 aromatic carbocycles. The Labute approximate surface area is 170 Å². The van der Waals surface area contributed by atoms with Crippen molar-refractivity contribution in [1.82, 2.24) is 9.80 Å². The molecule has 1 aliphatic heterocycles. The molecule has 1 saturated heterocycles. The predicted molar refractivity (Wildman–Crippen MR) is 109 cm³/mol. The first-order chi connectivity index (χ1) is 13.8. The molecule has 2 unspecified atom stereocenters. The summed E-state index contributed by atoms with van der Waals surface area (Å²) in [5.74, 6) is -0.349. The van der Waals surface area contributed by atoms with E-state index >= 15 is 0 Å². The summed E-state index contributed by atoms with van der Waals surface area (Å²) in [6.07, 6.45) is 1.01. The molecule has 1 fully saturated rings. The number of nitro benzene ring substituents is 1.